The summed E-state index contributed by atoms with van der Waals surface area (Å²) in [5.41, 5.74) is 2.08. The molecule has 20 heavy (non-hydrogen) atoms. The predicted molar refractivity (Wildman–Crippen MR) is 79.2 cm³/mol. The summed E-state index contributed by atoms with van der Waals surface area (Å²) in [7, 11) is 1.64. The maximum Gasteiger partial charge on any atom is 0.324 e. The van der Waals surface area contributed by atoms with Gasteiger partial charge in [0.1, 0.15) is 5.75 Å². The van der Waals surface area contributed by atoms with Crippen LogP contribution in [-0.4, -0.2) is 12.0 Å². The zero-order chi connectivity index (χ0) is 14.5. The van der Waals surface area contributed by atoms with Crippen LogP contribution in [0.1, 0.15) is 24.1 Å². The number of nitro groups is 1. The lowest BCUT2D eigenvalue weighted by Gasteiger charge is -2.14. The molecule has 1 heterocycles. The minimum atomic E-state index is -0.360. The van der Waals surface area contributed by atoms with Crippen LogP contribution in [0.3, 0.4) is 0 Å². The molecule has 106 valence electrons. The van der Waals surface area contributed by atoms with Crippen LogP contribution in [0.4, 0.5) is 5.00 Å². The van der Waals surface area contributed by atoms with E-state index in [-0.39, 0.29) is 16.0 Å². The summed E-state index contributed by atoms with van der Waals surface area (Å²) in [6.07, 6.45) is 0. The fraction of sp³-hybridized carbons (Fsp3) is 0.286. The Morgan fingerprint density at radius 1 is 1.40 bits per heavy atom. The maximum absolute atomic E-state index is 10.6. The minimum absolute atomic E-state index is 0.167. The number of rotatable bonds is 6. The first kappa shape index (κ1) is 14.5. The molecule has 2 aromatic rings. The van der Waals surface area contributed by atoms with Crippen molar-refractivity contribution in [2.24, 2.45) is 0 Å². The van der Waals surface area contributed by atoms with Crippen molar-refractivity contribution in [1.82, 2.24) is 5.32 Å². The van der Waals surface area contributed by atoms with Gasteiger partial charge < -0.3 is 10.1 Å². The molecule has 0 saturated carbocycles. The van der Waals surface area contributed by atoms with Crippen molar-refractivity contribution in [3.05, 3.63) is 57.0 Å². The first-order chi connectivity index (χ1) is 9.60. The van der Waals surface area contributed by atoms with Gasteiger partial charge in [0, 0.05) is 24.0 Å². The molecule has 1 aromatic heterocycles. The number of nitrogens with one attached hydrogen (secondary N) is 1. The topological polar surface area (TPSA) is 64.4 Å². The van der Waals surface area contributed by atoms with Crippen LogP contribution in [0, 0.1) is 10.1 Å². The van der Waals surface area contributed by atoms with Crippen LogP contribution in [0.15, 0.2) is 35.7 Å². The van der Waals surface area contributed by atoms with Crippen LogP contribution in [0.2, 0.25) is 0 Å². The Morgan fingerprint density at radius 3 is 2.65 bits per heavy atom. The summed E-state index contributed by atoms with van der Waals surface area (Å²) in [4.78, 5) is 10.3. The molecule has 0 fully saturated rings. The molecule has 5 nitrogen and oxygen atoms in total. The van der Waals surface area contributed by atoms with Gasteiger partial charge >= 0.3 is 5.00 Å². The van der Waals surface area contributed by atoms with Crippen LogP contribution in [-0.2, 0) is 6.54 Å². The van der Waals surface area contributed by atoms with E-state index < -0.39 is 0 Å². The Hall–Kier alpha value is -1.92. The van der Waals surface area contributed by atoms with E-state index in [0.717, 1.165) is 28.2 Å². The molecule has 0 spiro atoms. The second kappa shape index (κ2) is 6.49. The number of nitrogens with zero attached hydrogens (tertiary/aromatic N) is 1. The fourth-order valence-electron chi connectivity index (χ4n) is 1.83. The van der Waals surface area contributed by atoms with E-state index in [2.05, 4.69) is 12.2 Å². The zero-order valence-corrected chi connectivity index (χ0v) is 12.1. The highest BCUT2D eigenvalue weighted by Crippen LogP contribution is 2.23. The standard InChI is InChI=1S/C14H16N2O3S/c1-10(12-3-5-13(19-2)6-4-12)15-8-11-7-14(16(17)18)20-9-11/h3-7,9-10,15H,8H2,1-2H3/t10-/m0/s1. The highest BCUT2D eigenvalue weighted by molar-refractivity contribution is 7.13. The number of methoxy groups -OCH3 is 1. The molecule has 0 aliphatic rings. The number of benzene rings is 1. The molecule has 0 aliphatic heterocycles. The normalized spacial score (nSPS) is 12.1. The monoisotopic (exact) mass is 292 g/mol. The third kappa shape index (κ3) is 3.55. The summed E-state index contributed by atoms with van der Waals surface area (Å²) in [5, 5.41) is 16.0. The third-order valence-electron chi connectivity index (χ3n) is 3.05. The van der Waals surface area contributed by atoms with Gasteiger partial charge in [-0.15, -0.1) is 0 Å². The second-order valence-corrected chi connectivity index (χ2v) is 5.32. The smallest absolute Gasteiger partial charge is 0.324 e. The van der Waals surface area contributed by atoms with Crippen LogP contribution in [0.25, 0.3) is 0 Å². The van der Waals surface area contributed by atoms with Gasteiger partial charge in [0.05, 0.1) is 12.0 Å². The Labute approximate surface area is 121 Å². The van der Waals surface area contributed by atoms with Crippen LogP contribution in [0.5, 0.6) is 5.75 Å². The molecule has 6 heteroatoms. The van der Waals surface area contributed by atoms with Crippen molar-refractivity contribution in [2.75, 3.05) is 7.11 Å². The van der Waals surface area contributed by atoms with Gasteiger partial charge in [-0.2, -0.15) is 0 Å². The summed E-state index contributed by atoms with van der Waals surface area (Å²) >= 11 is 1.15. The molecule has 0 saturated heterocycles. The zero-order valence-electron chi connectivity index (χ0n) is 11.3. The van der Waals surface area contributed by atoms with Gasteiger partial charge in [-0.3, -0.25) is 10.1 Å². The first-order valence-electron chi connectivity index (χ1n) is 6.19. The maximum atomic E-state index is 10.6. The average molecular weight is 292 g/mol. The Bertz CT molecular complexity index is 580. The average Bonchev–Trinajstić information content (AvgIpc) is 2.94. The third-order valence-corrected chi connectivity index (χ3v) is 3.98. The minimum Gasteiger partial charge on any atom is -0.497 e. The Morgan fingerprint density at radius 2 is 2.10 bits per heavy atom. The van der Waals surface area contributed by atoms with E-state index in [1.54, 1.807) is 13.2 Å². The molecule has 0 amide bonds. The number of thiophene rings is 1. The van der Waals surface area contributed by atoms with E-state index in [4.69, 9.17) is 4.74 Å². The summed E-state index contributed by atoms with van der Waals surface area (Å²) in [6, 6.07) is 9.63. The summed E-state index contributed by atoms with van der Waals surface area (Å²) in [6.45, 7) is 2.67. The highest BCUT2D eigenvalue weighted by Gasteiger charge is 2.11. The van der Waals surface area contributed by atoms with Gasteiger partial charge in [0.25, 0.3) is 0 Å². The molecule has 0 bridgehead atoms. The molecule has 1 N–H and O–H groups in total. The largest absolute Gasteiger partial charge is 0.497 e. The quantitative estimate of drug-likeness (QED) is 0.653. The molecule has 0 unspecified atom stereocenters. The SMILES string of the molecule is COc1ccc([C@H](C)NCc2csc([N+](=O)[O-])c2)cc1. The number of hydrogen-bond donors (Lipinski definition) is 1. The number of hydrogen-bond acceptors (Lipinski definition) is 5. The van der Waals surface area contributed by atoms with Crippen molar-refractivity contribution in [1.29, 1.82) is 0 Å². The van der Waals surface area contributed by atoms with Gasteiger partial charge in [-0.1, -0.05) is 23.5 Å². The van der Waals surface area contributed by atoms with Gasteiger partial charge in [-0.25, -0.2) is 0 Å². The van der Waals surface area contributed by atoms with E-state index in [9.17, 15) is 10.1 Å². The molecule has 1 atom stereocenters. The Kier molecular flexibility index (Phi) is 4.70. The van der Waals surface area contributed by atoms with E-state index >= 15 is 0 Å². The fourth-order valence-corrected chi connectivity index (χ4v) is 2.56. The Balaban J connectivity index is 1.93. The lowest BCUT2D eigenvalue weighted by molar-refractivity contribution is -0.380. The lowest BCUT2D eigenvalue weighted by Crippen LogP contribution is -2.17. The molecular formula is C14H16N2O3S. The molecule has 2 rings (SSSR count). The van der Waals surface area contributed by atoms with E-state index in [0.29, 0.717) is 6.54 Å². The van der Waals surface area contributed by atoms with Crippen molar-refractivity contribution >= 4 is 16.3 Å². The predicted octanol–water partition coefficient (Wildman–Crippen LogP) is 3.52. The van der Waals surface area contributed by atoms with Crippen molar-refractivity contribution in [2.45, 2.75) is 19.5 Å². The second-order valence-electron chi connectivity index (χ2n) is 4.43. The highest BCUT2D eigenvalue weighted by atomic mass is 32.1. The molecule has 0 aliphatic carbocycles. The molecule has 1 aromatic carbocycles. The van der Waals surface area contributed by atoms with Gasteiger partial charge in [0.15, 0.2) is 0 Å². The first-order valence-corrected chi connectivity index (χ1v) is 7.07. The van der Waals surface area contributed by atoms with Crippen LogP contribution >= 0.6 is 11.3 Å². The van der Waals surface area contributed by atoms with Crippen LogP contribution < -0.4 is 10.1 Å². The van der Waals surface area contributed by atoms with Crippen molar-refractivity contribution in [3.8, 4) is 5.75 Å². The van der Waals surface area contributed by atoms with Crippen molar-refractivity contribution in [3.63, 3.8) is 0 Å². The lowest BCUT2D eigenvalue weighted by atomic mass is 10.1. The molecular weight excluding hydrogens is 276 g/mol. The van der Waals surface area contributed by atoms with Gasteiger partial charge in [0.2, 0.25) is 0 Å². The number of ether oxygens (including phenoxy) is 1. The summed E-state index contributed by atoms with van der Waals surface area (Å²) in [5.74, 6) is 0.828. The molecule has 0 radical (unpaired) electrons. The van der Waals surface area contributed by atoms with Crippen molar-refractivity contribution < 1.29 is 9.66 Å². The van der Waals surface area contributed by atoms with E-state index in [1.807, 2.05) is 29.6 Å². The summed E-state index contributed by atoms with van der Waals surface area (Å²) < 4.78 is 5.12. The van der Waals surface area contributed by atoms with Gasteiger partial charge in [-0.05, 0) is 30.2 Å². The van der Waals surface area contributed by atoms with E-state index in [1.165, 1.54) is 0 Å².